The van der Waals surface area contributed by atoms with E-state index in [0.29, 0.717) is 18.8 Å². The van der Waals surface area contributed by atoms with Gasteiger partial charge in [-0.3, -0.25) is 4.79 Å². The molecule has 1 heterocycles. The Kier molecular flexibility index (Phi) is 2.72. The van der Waals surface area contributed by atoms with Gasteiger partial charge in [0.15, 0.2) is 0 Å². The fourth-order valence-electron chi connectivity index (χ4n) is 7.96. The summed E-state index contributed by atoms with van der Waals surface area (Å²) in [5.74, 6) is 0.384. The minimum atomic E-state index is -0.562. The summed E-state index contributed by atoms with van der Waals surface area (Å²) in [5, 5.41) is 10.8. The van der Waals surface area contributed by atoms with Crippen LogP contribution in [0, 0.1) is 39.9 Å². The van der Waals surface area contributed by atoms with Crippen molar-refractivity contribution in [2.24, 2.45) is 39.9 Å². The van der Waals surface area contributed by atoms with E-state index in [-0.39, 0.29) is 35.7 Å². The van der Waals surface area contributed by atoms with Crippen molar-refractivity contribution in [1.29, 1.82) is 0 Å². The number of hydrogen-bond acceptors (Lipinski definition) is 4. The van der Waals surface area contributed by atoms with Gasteiger partial charge in [-0.25, -0.2) is 0 Å². The summed E-state index contributed by atoms with van der Waals surface area (Å²) >= 11 is 0. The van der Waals surface area contributed by atoms with Crippen molar-refractivity contribution in [2.75, 3.05) is 6.61 Å². The second-order valence-electron chi connectivity index (χ2n) is 9.42. The molecule has 1 N–H and O–H groups in total. The maximum atomic E-state index is 13.1. The van der Waals surface area contributed by atoms with Crippen molar-refractivity contribution in [3.8, 4) is 0 Å². The van der Waals surface area contributed by atoms with Gasteiger partial charge in [0.1, 0.15) is 6.29 Å². The third kappa shape index (κ3) is 1.35. The van der Waals surface area contributed by atoms with E-state index in [9.17, 15) is 14.7 Å². The molecule has 4 aliphatic carbocycles. The zero-order valence-corrected chi connectivity index (χ0v) is 14.3. The molecule has 5 rings (SSSR count). The van der Waals surface area contributed by atoms with Crippen LogP contribution in [0.2, 0.25) is 0 Å². The Morgan fingerprint density at radius 3 is 2.88 bits per heavy atom. The predicted octanol–water partition coefficient (Wildman–Crippen LogP) is 2.50. The van der Waals surface area contributed by atoms with Crippen molar-refractivity contribution < 1.29 is 19.4 Å². The van der Waals surface area contributed by atoms with Gasteiger partial charge in [-0.15, -0.1) is 0 Å². The van der Waals surface area contributed by atoms with Crippen LogP contribution in [0.3, 0.4) is 0 Å². The van der Waals surface area contributed by atoms with Crippen LogP contribution >= 0.6 is 0 Å². The topological polar surface area (TPSA) is 63.6 Å². The Balaban J connectivity index is 1.76. The lowest BCUT2D eigenvalue weighted by Gasteiger charge is -2.57. The van der Waals surface area contributed by atoms with Gasteiger partial charge in [0.25, 0.3) is 0 Å². The molecule has 4 heteroatoms. The average molecular weight is 330 g/mol. The highest BCUT2D eigenvalue weighted by Gasteiger charge is 2.79. The summed E-state index contributed by atoms with van der Waals surface area (Å²) in [6.45, 7) is 6.57. The lowest BCUT2D eigenvalue weighted by atomic mass is 9.50. The summed E-state index contributed by atoms with van der Waals surface area (Å²) in [7, 11) is 0. The second kappa shape index (κ2) is 4.32. The Labute approximate surface area is 142 Å². The Morgan fingerprint density at radius 1 is 1.33 bits per heavy atom. The maximum absolute atomic E-state index is 13.1. The van der Waals surface area contributed by atoms with E-state index in [1.807, 2.05) is 6.92 Å². The van der Waals surface area contributed by atoms with Gasteiger partial charge in [-0.05, 0) is 61.7 Å². The molecular weight excluding hydrogens is 304 g/mol. The summed E-state index contributed by atoms with van der Waals surface area (Å²) in [4.78, 5) is 25.4. The zero-order chi connectivity index (χ0) is 16.9. The first kappa shape index (κ1) is 15.1. The van der Waals surface area contributed by atoms with Crippen LogP contribution in [0.15, 0.2) is 12.2 Å². The Morgan fingerprint density at radius 2 is 2.12 bits per heavy atom. The van der Waals surface area contributed by atoms with Crippen LogP contribution in [0.5, 0.6) is 0 Å². The van der Waals surface area contributed by atoms with Gasteiger partial charge in [-0.1, -0.05) is 19.1 Å². The third-order valence-corrected chi connectivity index (χ3v) is 8.80. The fourth-order valence-corrected chi connectivity index (χ4v) is 7.96. The molecule has 4 bridgehead atoms. The Bertz CT molecular complexity index is 656. The van der Waals surface area contributed by atoms with Crippen molar-refractivity contribution >= 4 is 12.3 Å². The largest absolute Gasteiger partial charge is 0.465 e. The molecule has 8 atom stereocenters. The van der Waals surface area contributed by atoms with E-state index in [0.717, 1.165) is 32.0 Å². The van der Waals surface area contributed by atoms with Crippen LogP contribution in [0.25, 0.3) is 0 Å². The number of carbonyl (C=O) groups excluding carboxylic acids is 2. The number of allylic oxidation sites excluding steroid dienone is 1. The van der Waals surface area contributed by atoms with Crippen LogP contribution in [-0.2, 0) is 14.3 Å². The van der Waals surface area contributed by atoms with Gasteiger partial charge >= 0.3 is 5.97 Å². The quantitative estimate of drug-likeness (QED) is 0.456. The molecule has 1 aliphatic heterocycles. The lowest BCUT2D eigenvalue weighted by molar-refractivity contribution is -0.218. The molecule has 0 aromatic heterocycles. The molecular formula is C20H26O4. The van der Waals surface area contributed by atoms with E-state index in [4.69, 9.17) is 4.74 Å². The van der Waals surface area contributed by atoms with Gasteiger partial charge in [0.2, 0.25) is 0 Å². The highest BCUT2D eigenvalue weighted by atomic mass is 16.5. The number of hydrogen-bond donors (Lipinski definition) is 1. The first-order valence-electron chi connectivity index (χ1n) is 9.38. The number of cyclic esters (lactones) is 1. The highest BCUT2D eigenvalue weighted by Crippen LogP contribution is 2.78. The molecule has 5 fully saturated rings. The maximum Gasteiger partial charge on any atom is 0.312 e. The van der Waals surface area contributed by atoms with Crippen molar-refractivity contribution in [1.82, 2.24) is 0 Å². The van der Waals surface area contributed by atoms with Gasteiger partial charge in [0, 0.05) is 11.3 Å². The number of esters is 1. The monoisotopic (exact) mass is 330 g/mol. The van der Waals surface area contributed by atoms with E-state index >= 15 is 0 Å². The van der Waals surface area contributed by atoms with Crippen molar-refractivity contribution in [3.05, 3.63) is 12.2 Å². The molecule has 0 radical (unpaired) electrons. The number of carbonyl (C=O) groups is 2. The van der Waals surface area contributed by atoms with E-state index in [1.54, 1.807) is 0 Å². The standard InChI is InChI=1S/C20H26O4/c1-11-7-19-8-12(11)3-4-14(19)20-6-5-15(22)18(2,10-24-17(20)23)16(20)13(19)9-21/h9,12-16,22H,1,3-8,10H2,2H3/t12-,13+,14-,15-,16-,18-,19-,20-/m1/s1. The summed E-state index contributed by atoms with van der Waals surface area (Å²) in [5.41, 5.74) is 0.0885. The minimum Gasteiger partial charge on any atom is -0.465 e. The minimum absolute atomic E-state index is 0.0813. The molecule has 1 saturated heterocycles. The first-order chi connectivity index (χ1) is 11.4. The fraction of sp³-hybridized carbons (Fsp3) is 0.800. The highest BCUT2D eigenvalue weighted by molar-refractivity contribution is 5.82. The second-order valence-corrected chi connectivity index (χ2v) is 9.42. The number of aliphatic hydroxyl groups excluding tert-OH is 1. The lowest BCUT2D eigenvalue weighted by Crippen LogP contribution is -2.63. The average Bonchev–Trinajstić information content (AvgIpc) is 2.97. The molecule has 0 unspecified atom stereocenters. The summed E-state index contributed by atoms with van der Waals surface area (Å²) < 4.78 is 5.66. The number of ether oxygens (including phenoxy) is 1. The molecule has 130 valence electrons. The number of aliphatic hydroxyl groups is 1. The Hall–Kier alpha value is -1.16. The van der Waals surface area contributed by atoms with Gasteiger partial charge in [0.05, 0.1) is 18.1 Å². The smallest absolute Gasteiger partial charge is 0.312 e. The van der Waals surface area contributed by atoms with E-state index in [2.05, 4.69) is 6.58 Å². The van der Waals surface area contributed by atoms with Crippen LogP contribution < -0.4 is 0 Å². The molecule has 24 heavy (non-hydrogen) atoms. The van der Waals surface area contributed by atoms with Crippen LogP contribution in [-0.4, -0.2) is 30.1 Å². The molecule has 1 spiro atoms. The van der Waals surface area contributed by atoms with Crippen molar-refractivity contribution in [3.63, 3.8) is 0 Å². The molecule has 0 amide bonds. The first-order valence-corrected chi connectivity index (χ1v) is 9.38. The van der Waals surface area contributed by atoms with E-state index < -0.39 is 16.9 Å². The third-order valence-electron chi connectivity index (χ3n) is 8.80. The van der Waals surface area contributed by atoms with E-state index in [1.165, 1.54) is 5.57 Å². The van der Waals surface area contributed by atoms with Crippen LogP contribution in [0.1, 0.15) is 45.4 Å². The molecule has 4 nitrogen and oxygen atoms in total. The van der Waals surface area contributed by atoms with Crippen molar-refractivity contribution in [2.45, 2.75) is 51.6 Å². The number of rotatable bonds is 1. The normalized spacial score (nSPS) is 58.0. The van der Waals surface area contributed by atoms with Gasteiger partial charge in [-0.2, -0.15) is 0 Å². The summed E-state index contributed by atoms with van der Waals surface area (Å²) in [6.07, 6.45) is 5.88. The van der Waals surface area contributed by atoms with Crippen LogP contribution in [0.4, 0.5) is 0 Å². The molecule has 5 aliphatic rings. The SMILES string of the molecule is C=C1C[C@]23C[C@H]1CC[C@H]2[C@@]12CC[C@@H](O)[C@@](C)(COC1=O)[C@H]2[C@@H]3C=O. The zero-order valence-electron chi connectivity index (χ0n) is 14.3. The number of aldehydes is 1. The van der Waals surface area contributed by atoms with Gasteiger partial charge < -0.3 is 14.6 Å². The predicted molar refractivity (Wildman–Crippen MR) is 86.8 cm³/mol. The summed E-state index contributed by atoms with van der Waals surface area (Å²) in [6, 6.07) is 0. The number of fused-ring (bicyclic) bond motifs is 1. The molecule has 4 saturated carbocycles. The molecule has 0 aromatic rings. The molecule has 0 aromatic carbocycles.